The van der Waals surface area contributed by atoms with Crippen LogP contribution in [-0.2, 0) is 9.53 Å². The summed E-state index contributed by atoms with van der Waals surface area (Å²) in [5, 5.41) is 11.3. The fraction of sp³-hybridized carbons (Fsp3) is 0.276. The molecule has 0 spiro atoms. The van der Waals surface area contributed by atoms with Crippen molar-refractivity contribution in [3.05, 3.63) is 80.6 Å². The zero-order valence-corrected chi connectivity index (χ0v) is 23.2. The van der Waals surface area contributed by atoms with Gasteiger partial charge in [0, 0.05) is 49.4 Å². The van der Waals surface area contributed by atoms with Gasteiger partial charge in [0.25, 0.3) is 5.91 Å². The summed E-state index contributed by atoms with van der Waals surface area (Å²) in [6.45, 7) is 4.05. The zero-order valence-electron chi connectivity index (χ0n) is 22.4. The molecule has 0 atom stereocenters. The molecule has 0 saturated carbocycles. The van der Waals surface area contributed by atoms with E-state index in [1.807, 2.05) is 0 Å². The Bertz CT molecular complexity index is 1520. The van der Waals surface area contributed by atoms with Crippen molar-refractivity contribution >= 4 is 40.5 Å². The van der Waals surface area contributed by atoms with Crippen molar-refractivity contribution in [2.24, 2.45) is 0 Å². The van der Waals surface area contributed by atoms with Crippen LogP contribution in [0.4, 0.5) is 15.8 Å². The molecule has 0 unspecified atom stereocenters. The summed E-state index contributed by atoms with van der Waals surface area (Å²) < 4.78 is 36.2. The van der Waals surface area contributed by atoms with Crippen molar-refractivity contribution in [2.75, 3.05) is 58.5 Å². The molecule has 1 amide bonds. The van der Waals surface area contributed by atoms with Gasteiger partial charge in [-0.25, -0.2) is 4.39 Å². The number of hydrogen-bond acceptors (Lipinski definition) is 8. The number of nitrogens with zero attached hydrogens (tertiary/aromatic N) is 3. The molecule has 10 nitrogen and oxygen atoms in total. The number of nitro benzene ring substituents is 1. The number of carbonyl (C=O) groups excluding carboxylic acids is 1. The van der Waals surface area contributed by atoms with Gasteiger partial charge < -0.3 is 23.8 Å². The average Bonchev–Trinajstić information content (AvgIpc) is 3.23. The van der Waals surface area contributed by atoms with Crippen LogP contribution in [0.5, 0.6) is 23.0 Å². The summed E-state index contributed by atoms with van der Waals surface area (Å²) in [4.78, 5) is 28.1. The van der Waals surface area contributed by atoms with Crippen LogP contribution in [0.3, 0.4) is 0 Å². The standard InChI is InChI=1S/C29H27ClFN3O7/c1-38-27-17-26(22(30)16-24(27)34(36)37)41-25-6-3-18(14-28(25)39-2)13-21-20-15-19(31)4-5-23(20)33(29(21)35)8-7-32-9-11-40-12-10-32/h3-6,13-17H,7-12H2,1-2H3. The van der Waals surface area contributed by atoms with Crippen molar-refractivity contribution in [3.63, 3.8) is 0 Å². The van der Waals surface area contributed by atoms with E-state index in [0.29, 0.717) is 54.4 Å². The van der Waals surface area contributed by atoms with Gasteiger partial charge in [0.05, 0.1) is 43.1 Å². The Morgan fingerprint density at radius 1 is 1.00 bits per heavy atom. The molecule has 1 saturated heterocycles. The highest BCUT2D eigenvalue weighted by molar-refractivity contribution is 6.35. The zero-order chi connectivity index (χ0) is 29.1. The second kappa shape index (κ2) is 12.1. The van der Waals surface area contributed by atoms with Crippen molar-refractivity contribution in [2.45, 2.75) is 0 Å². The molecule has 0 bridgehead atoms. The first-order chi connectivity index (χ1) is 19.8. The topological polar surface area (TPSA) is 104 Å². The molecule has 12 heteroatoms. The summed E-state index contributed by atoms with van der Waals surface area (Å²) in [5.74, 6) is 0.0612. The van der Waals surface area contributed by atoms with Crippen LogP contribution in [0.15, 0.2) is 48.5 Å². The number of hydrogen-bond donors (Lipinski definition) is 0. The normalized spacial score (nSPS) is 16.1. The molecule has 3 aromatic rings. The summed E-state index contributed by atoms with van der Waals surface area (Å²) >= 11 is 6.24. The van der Waals surface area contributed by atoms with E-state index in [1.165, 1.54) is 32.4 Å². The highest BCUT2D eigenvalue weighted by Crippen LogP contribution is 2.43. The summed E-state index contributed by atoms with van der Waals surface area (Å²) in [6, 6.07) is 11.8. The molecule has 0 aliphatic carbocycles. The number of ether oxygens (including phenoxy) is 4. The van der Waals surface area contributed by atoms with Gasteiger partial charge in [0.15, 0.2) is 11.5 Å². The predicted molar refractivity (Wildman–Crippen MR) is 152 cm³/mol. The van der Waals surface area contributed by atoms with Gasteiger partial charge in [-0.05, 0) is 42.0 Å². The predicted octanol–water partition coefficient (Wildman–Crippen LogP) is 5.42. The van der Waals surface area contributed by atoms with Gasteiger partial charge >= 0.3 is 5.69 Å². The Labute approximate surface area is 240 Å². The Hall–Kier alpha value is -4.19. The second-order valence-corrected chi connectivity index (χ2v) is 9.76. The Balaban J connectivity index is 1.42. The lowest BCUT2D eigenvalue weighted by Crippen LogP contribution is -2.42. The third-order valence-corrected chi connectivity index (χ3v) is 7.20. The SMILES string of the molecule is COc1cc(C=C2C(=O)N(CCN3CCOCC3)c3ccc(F)cc32)ccc1Oc1cc(OC)c([N+](=O)[O-])cc1Cl. The van der Waals surface area contributed by atoms with E-state index in [4.69, 9.17) is 30.5 Å². The van der Waals surface area contributed by atoms with Crippen LogP contribution in [0, 0.1) is 15.9 Å². The van der Waals surface area contributed by atoms with Gasteiger partial charge in [-0.15, -0.1) is 0 Å². The van der Waals surface area contributed by atoms with Gasteiger partial charge in [-0.1, -0.05) is 17.7 Å². The molecule has 2 aliphatic rings. The largest absolute Gasteiger partial charge is 0.493 e. The molecule has 0 aromatic heterocycles. The third kappa shape index (κ3) is 5.97. The number of rotatable bonds is 9. The maximum atomic E-state index is 14.3. The minimum Gasteiger partial charge on any atom is -0.493 e. The van der Waals surface area contributed by atoms with Gasteiger partial charge in [-0.2, -0.15) is 0 Å². The monoisotopic (exact) mass is 583 g/mol. The number of anilines is 1. The van der Waals surface area contributed by atoms with E-state index in [9.17, 15) is 19.3 Å². The Morgan fingerprint density at radius 3 is 2.46 bits per heavy atom. The quantitative estimate of drug-likeness (QED) is 0.187. The molecular weight excluding hydrogens is 557 g/mol. The van der Waals surface area contributed by atoms with Crippen LogP contribution in [0.1, 0.15) is 11.1 Å². The molecule has 214 valence electrons. The van der Waals surface area contributed by atoms with E-state index >= 15 is 0 Å². The maximum absolute atomic E-state index is 14.3. The van der Waals surface area contributed by atoms with Crippen molar-refractivity contribution in [1.29, 1.82) is 0 Å². The second-order valence-electron chi connectivity index (χ2n) is 9.35. The molecule has 0 N–H and O–H groups in total. The first-order valence-electron chi connectivity index (χ1n) is 12.8. The van der Waals surface area contributed by atoms with E-state index in [0.717, 1.165) is 19.2 Å². The maximum Gasteiger partial charge on any atom is 0.312 e. The molecule has 1 fully saturated rings. The number of fused-ring (bicyclic) bond motifs is 1. The van der Waals surface area contributed by atoms with Crippen LogP contribution in [0.2, 0.25) is 5.02 Å². The lowest BCUT2D eigenvalue weighted by atomic mass is 10.0. The summed E-state index contributed by atoms with van der Waals surface area (Å²) in [6.07, 6.45) is 1.68. The van der Waals surface area contributed by atoms with Crippen LogP contribution >= 0.6 is 11.6 Å². The van der Waals surface area contributed by atoms with Crippen molar-refractivity contribution < 1.29 is 33.1 Å². The summed E-state index contributed by atoms with van der Waals surface area (Å²) in [5.41, 5.74) is 1.86. The first-order valence-corrected chi connectivity index (χ1v) is 13.2. The molecule has 2 aliphatic heterocycles. The lowest BCUT2D eigenvalue weighted by molar-refractivity contribution is -0.385. The van der Waals surface area contributed by atoms with Gasteiger partial charge in [0.1, 0.15) is 11.6 Å². The number of benzene rings is 3. The number of amides is 1. The number of methoxy groups -OCH3 is 2. The third-order valence-electron chi connectivity index (χ3n) is 6.91. The van der Waals surface area contributed by atoms with Gasteiger partial charge in [-0.3, -0.25) is 19.8 Å². The average molecular weight is 584 g/mol. The van der Waals surface area contributed by atoms with E-state index in [-0.39, 0.29) is 33.9 Å². The molecule has 41 heavy (non-hydrogen) atoms. The first kappa shape index (κ1) is 28.3. The number of nitro groups is 1. The summed E-state index contributed by atoms with van der Waals surface area (Å²) in [7, 11) is 2.76. The highest BCUT2D eigenvalue weighted by atomic mass is 35.5. The van der Waals surface area contributed by atoms with E-state index < -0.39 is 10.7 Å². The fourth-order valence-electron chi connectivity index (χ4n) is 4.81. The van der Waals surface area contributed by atoms with Crippen LogP contribution in [0.25, 0.3) is 11.6 Å². The van der Waals surface area contributed by atoms with Crippen LogP contribution in [-0.4, -0.2) is 69.3 Å². The number of morpholine rings is 1. The highest BCUT2D eigenvalue weighted by Gasteiger charge is 2.33. The molecule has 0 radical (unpaired) electrons. The van der Waals surface area contributed by atoms with E-state index in [1.54, 1.807) is 35.2 Å². The molecule has 3 aromatic carbocycles. The van der Waals surface area contributed by atoms with Gasteiger partial charge in [0.2, 0.25) is 5.75 Å². The Morgan fingerprint density at radius 2 is 1.76 bits per heavy atom. The minimum absolute atomic E-state index is 0.0121. The molecule has 2 heterocycles. The number of carbonyl (C=O) groups is 1. The fourth-order valence-corrected chi connectivity index (χ4v) is 5.01. The van der Waals surface area contributed by atoms with Crippen molar-refractivity contribution in [1.82, 2.24) is 4.90 Å². The van der Waals surface area contributed by atoms with Crippen molar-refractivity contribution in [3.8, 4) is 23.0 Å². The van der Waals surface area contributed by atoms with Crippen LogP contribution < -0.4 is 19.1 Å². The molecule has 5 rings (SSSR count). The lowest BCUT2D eigenvalue weighted by Gasteiger charge is -2.28. The Kier molecular flexibility index (Phi) is 8.39. The number of halogens is 2. The molecular formula is C29H27ClFN3O7. The van der Waals surface area contributed by atoms with E-state index in [2.05, 4.69) is 4.90 Å². The minimum atomic E-state index is -0.602. The smallest absolute Gasteiger partial charge is 0.312 e.